The maximum Gasteiger partial charge on any atom is 0.410 e. The molecule has 0 aliphatic carbocycles. The van der Waals surface area contributed by atoms with Crippen molar-refractivity contribution in [3.8, 4) is 0 Å². The Morgan fingerprint density at radius 1 is 1.32 bits per heavy atom. The lowest BCUT2D eigenvalue weighted by atomic mass is 9.84. The SMILES string of the molecule is CC(C)(C)OC(=O)N1CCC(c2c(F)cnc(N)c2C2=CCCOCC2)CC1. The number of nitrogen functional groups attached to an aromatic ring is 1. The van der Waals surface area contributed by atoms with Crippen LogP contribution >= 0.6 is 0 Å². The molecular weight excluding hydrogens is 361 g/mol. The molecule has 0 aromatic carbocycles. The van der Waals surface area contributed by atoms with Crippen molar-refractivity contribution in [1.82, 2.24) is 9.88 Å². The van der Waals surface area contributed by atoms with Gasteiger partial charge in [-0.25, -0.2) is 14.2 Å². The number of ether oxygens (including phenoxy) is 2. The first-order valence-electron chi connectivity index (χ1n) is 9.95. The normalized spacial score (nSPS) is 19.1. The van der Waals surface area contributed by atoms with E-state index in [0.717, 1.165) is 17.6 Å². The van der Waals surface area contributed by atoms with Gasteiger partial charge < -0.3 is 20.1 Å². The lowest BCUT2D eigenvalue weighted by Crippen LogP contribution is -2.41. The molecule has 1 aromatic rings. The number of amides is 1. The summed E-state index contributed by atoms with van der Waals surface area (Å²) in [5, 5.41) is 0. The molecule has 0 atom stereocenters. The van der Waals surface area contributed by atoms with Gasteiger partial charge in [0.2, 0.25) is 0 Å². The first-order chi connectivity index (χ1) is 13.3. The molecule has 3 heterocycles. The molecule has 0 bridgehead atoms. The van der Waals surface area contributed by atoms with Crippen LogP contribution in [-0.2, 0) is 9.47 Å². The van der Waals surface area contributed by atoms with Crippen LogP contribution < -0.4 is 5.73 Å². The van der Waals surface area contributed by atoms with E-state index < -0.39 is 5.60 Å². The Morgan fingerprint density at radius 3 is 2.71 bits per heavy atom. The van der Waals surface area contributed by atoms with E-state index in [-0.39, 0.29) is 17.8 Å². The molecule has 1 aromatic heterocycles. The fourth-order valence-electron chi connectivity index (χ4n) is 3.86. The molecule has 7 heteroatoms. The molecule has 3 rings (SSSR count). The summed E-state index contributed by atoms with van der Waals surface area (Å²) in [7, 11) is 0. The molecule has 28 heavy (non-hydrogen) atoms. The molecule has 2 N–H and O–H groups in total. The van der Waals surface area contributed by atoms with Crippen molar-refractivity contribution in [2.45, 2.75) is 58.0 Å². The van der Waals surface area contributed by atoms with Gasteiger partial charge in [-0.2, -0.15) is 0 Å². The average Bonchev–Trinajstić information content (AvgIpc) is 2.91. The van der Waals surface area contributed by atoms with Crippen LogP contribution in [0.25, 0.3) is 5.57 Å². The molecule has 2 aliphatic heterocycles. The Balaban J connectivity index is 1.80. The van der Waals surface area contributed by atoms with Crippen molar-refractivity contribution < 1.29 is 18.7 Å². The molecule has 1 saturated heterocycles. The van der Waals surface area contributed by atoms with Crippen LogP contribution in [-0.4, -0.2) is 47.9 Å². The van der Waals surface area contributed by atoms with Crippen molar-refractivity contribution >= 4 is 17.5 Å². The second-order valence-corrected chi connectivity index (χ2v) is 8.40. The minimum absolute atomic E-state index is 0.0101. The zero-order valence-electron chi connectivity index (χ0n) is 17.0. The van der Waals surface area contributed by atoms with E-state index in [1.165, 1.54) is 6.20 Å². The number of likely N-dealkylation sites (tertiary alicyclic amines) is 1. The Kier molecular flexibility index (Phi) is 6.23. The summed E-state index contributed by atoms with van der Waals surface area (Å²) in [6.07, 6.45) is 5.78. The van der Waals surface area contributed by atoms with Crippen LogP contribution in [0.5, 0.6) is 0 Å². The monoisotopic (exact) mass is 391 g/mol. The third-order valence-electron chi connectivity index (χ3n) is 5.14. The Morgan fingerprint density at radius 2 is 2.04 bits per heavy atom. The summed E-state index contributed by atoms with van der Waals surface area (Å²) in [5.41, 5.74) is 8.01. The second-order valence-electron chi connectivity index (χ2n) is 8.40. The van der Waals surface area contributed by atoms with Crippen LogP contribution in [0.2, 0.25) is 0 Å². The molecule has 154 valence electrons. The number of anilines is 1. The molecule has 0 radical (unpaired) electrons. The van der Waals surface area contributed by atoms with Gasteiger partial charge in [0.25, 0.3) is 0 Å². The standard InChI is InChI=1S/C21H30FN3O3/c1-21(2,3)28-20(26)25-9-6-15(7-10-25)17-16(22)13-24-19(23)18(17)14-5-4-11-27-12-8-14/h5,13,15H,4,6-12H2,1-3H3,(H2,23,24). The smallest absolute Gasteiger partial charge is 0.410 e. The van der Waals surface area contributed by atoms with Gasteiger partial charge >= 0.3 is 6.09 Å². The van der Waals surface area contributed by atoms with Crippen LogP contribution in [0.15, 0.2) is 12.3 Å². The van der Waals surface area contributed by atoms with Gasteiger partial charge in [-0.3, -0.25) is 0 Å². The number of carbonyl (C=O) groups is 1. The van der Waals surface area contributed by atoms with Gasteiger partial charge in [0.15, 0.2) is 0 Å². The topological polar surface area (TPSA) is 77.7 Å². The van der Waals surface area contributed by atoms with Gasteiger partial charge in [0.05, 0.1) is 19.4 Å². The number of aromatic nitrogens is 1. The Labute approximate surface area is 165 Å². The van der Waals surface area contributed by atoms with E-state index in [1.54, 1.807) is 4.90 Å². The van der Waals surface area contributed by atoms with Crippen LogP contribution in [0, 0.1) is 5.82 Å². The zero-order valence-corrected chi connectivity index (χ0v) is 17.0. The first kappa shape index (κ1) is 20.6. The van der Waals surface area contributed by atoms with Crippen LogP contribution in [0.1, 0.15) is 63.5 Å². The van der Waals surface area contributed by atoms with Crippen LogP contribution in [0.4, 0.5) is 15.0 Å². The fraction of sp³-hybridized carbons (Fsp3) is 0.619. The largest absolute Gasteiger partial charge is 0.444 e. The van der Waals surface area contributed by atoms with E-state index >= 15 is 0 Å². The summed E-state index contributed by atoms with van der Waals surface area (Å²) in [4.78, 5) is 18.1. The summed E-state index contributed by atoms with van der Waals surface area (Å²) >= 11 is 0. The van der Waals surface area contributed by atoms with Crippen molar-refractivity contribution in [2.75, 3.05) is 32.0 Å². The van der Waals surface area contributed by atoms with Crippen molar-refractivity contribution in [2.24, 2.45) is 0 Å². The highest BCUT2D eigenvalue weighted by atomic mass is 19.1. The van der Waals surface area contributed by atoms with E-state index in [4.69, 9.17) is 15.2 Å². The number of halogens is 1. The molecule has 2 aliphatic rings. The highest BCUT2D eigenvalue weighted by molar-refractivity contribution is 5.76. The number of hydrogen-bond acceptors (Lipinski definition) is 5. The molecule has 0 saturated carbocycles. The number of carbonyl (C=O) groups excluding carboxylic acids is 1. The number of piperidine rings is 1. The maximum absolute atomic E-state index is 14.9. The number of pyridine rings is 1. The number of nitrogens with zero attached hydrogens (tertiary/aromatic N) is 2. The van der Waals surface area contributed by atoms with Gasteiger partial charge in [-0.1, -0.05) is 6.08 Å². The van der Waals surface area contributed by atoms with Gasteiger partial charge in [0.1, 0.15) is 17.2 Å². The van der Waals surface area contributed by atoms with Gasteiger partial charge in [-0.05, 0) is 57.9 Å². The minimum atomic E-state index is -0.527. The van der Waals surface area contributed by atoms with Gasteiger partial charge in [-0.15, -0.1) is 0 Å². The predicted molar refractivity (Wildman–Crippen MR) is 106 cm³/mol. The van der Waals surface area contributed by atoms with Gasteiger partial charge in [0, 0.05) is 24.2 Å². The zero-order chi connectivity index (χ0) is 20.3. The van der Waals surface area contributed by atoms with E-state index in [9.17, 15) is 9.18 Å². The fourth-order valence-corrected chi connectivity index (χ4v) is 3.86. The summed E-state index contributed by atoms with van der Waals surface area (Å²) in [6.45, 7) is 7.87. The maximum atomic E-state index is 14.9. The molecule has 0 spiro atoms. The summed E-state index contributed by atoms with van der Waals surface area (Å²) in [5.74, 6) is 0.0224. The summed E-state index contributed by atoms with van der Waals surface area (Å²) in [6, 6.07) is 0. The first-order valence-corrected chi connectivity index (χ1v) is 9.95. The van der Waals surface area contributed by atoms with E-state index in [1.807, 2.05) is 20.8 Å². The molecule has 6 nitrogen and oxygen atoms in total. The van der Waals surface area contributed by atoms with Crippen molar-refractivity contribution in [3.05, 3.63) is 29.2 Å². The predicted octanol–water partition coefficient (Wildman–Crippen LogP) is 4.11. The van der Waals surface area contributed by atoms with E-state index in [2.05, 4.69) is 11.1 Å². The number of rotatable bonds is 2. The minimum Gasteiger partial charge on any atom is -0.444 e. The highest BCUT2D eigenvalue weighted by Crippen LogP contribution is 2.39. The average molecular weight is 391 g/mol. The Hall–Kier alpha value is -2.15. The quantitative estimate of drug-likeness (QED) is 0.821. The molecular formula is C21H30FN3O3. The lowest BCUT2D eigenvalue weighted by Gasteiger charge is -2.34. The third kappa shape index (κ3) is 4.82. The summed E-state index contributed by atoms with van der Waals surface area (Å²) < 4.78 is 25.8. The van der Waals surface area contributed by atoms with Crippen molar-refractivity contribution in [3.63, 3.8) is 0 Å². The highest BCUT2D eigenvalue weighted by Gasteiger charge is 2.31. The Bertz CT molecular complexity index is 750. The lowest BCUT2D eigenvalue weighted by molar-refractivity contribution is 0.0204. The van der Waals surface area contributed by atoms with E-state index in [0.29, 0.717) is 56.9 Å². The molecule has 0 unspecified atom stereocenters. The third-order valence-corrected chi connectivity index (χ3v) is 5.14. The van der Waals surface area contributed by atoms with Crippen molar-refractivity contribution in [1.29, 1.82) is 0 Å². The second kappa shape index (κ2) is 8.47. The number of nitrogens with two attached hydrogens (primary N) is 1. The molecule has 1 fully saturated rings. The molecule has 1 amide bonds. The number of hydrogen-bond donors (Lipinski definition) is 1. The van der Waals surface area contributed by atoms with Crippen LogP contribution in [0.3, 0.4) is 0 Å².